The topological polar surface area (TPSA) is 102 Å². The van der Waals surface area contributed by atoms with Crippen molar-refractivity contribution in [2.75, 3.05) is 6.61 Å². The Morgan fingerprint density at radius 3 is 2.53 bits per heavy atom. The first-order valence-electron chi connectivity index (χ1n) is 9.49. The number of benzene rings is 2. The fourth-order valence-electron chi connectivity index (χ4n) is 2.97. The molecule has 0 unspecified atom stereocenters. The summed E-state index contributed by atoms with van der Waals surface area (Å²) in [4.78, 5) is 37.6. The number of hydrogen-bond acceptors (Lipinski definition) is 6. The Hall–Kier alpha value is -3.69. The molecule has 32 heavy (non-hydrogen) atoms. The molecule has 0 saturated heterocycles. The van der Waals surface area contributed by atoms with Gasteiger partial charge in [-0.3, -0.25) is 20.4 Å². The molecule has 4 aromatic rings. The first kappa shape index (κ1) is 21.5. The van der Waals surface area contributed by atoms with E-state index in [1.807, 2.05) is 37.3 Å². The molecular weight excluding hydrogens is 452 g/mol. The van der Waals surface area contributed by atoms with E-state index in [9.17, 15) is 14.4 Å². The van der Waals surface area contributed by atoms with Crippen LogP contribution in [-0.2, 0) is 9.53 Å². The highest BCUT2D eigenvalue weighted by atomic mass is 35.5. The number of esters is 1. The number of hydrogen-bond donors (Lipinski definition) is 2. The van der Waals surface area contributed by atoms with Crippen molar-refractivity contribution < 1.29 is 19.1 Å². The number of ether oxygens (including phenoxy) is 1. The van der Waals surface area contributed by atoms with Crippen LogP contribution < -0.4 is 10.9 Å². The van der Waals surface area contributed by atoms with Gasteiger partial charge in [0.25, 0.3) is 11.8 Å². The molecule has 0 fully saturated rings. The number of nitrogens with one attached hydrogen (secondary N) is 2. The Morgan fingerprint density at radius 2 is 1.78 bits per heavy atom. The number of para-hydroxylation sites is 1. The van der Waals surface area contributed by atoms with Gasteiger partial charge >= 0.3 is 5.97 Å². The number of rotatable bonds is 5. The summed E-state index contributed by atoms with van der Waals surface area (Å²) in [6.45, 7) is 1.30. The van der Waals surface area contributed by atoms with E-state index >= 15 is 0 Å². The van der Waals surface area contributed by atoms with Crippen LogP contribution in [0.5, 0.6) is 0 Å². The zero-order valence-electron chi connectivity index (χ0n) is 16.8. The molecule has 0 aliphatic carbocycles. The van der Waals surface area contributed by atoms with Crippen molar-refractivity contribution in [3.05, 3.63) is 81.8 Å². The SMILES string of the molecule is Cc1nn(-c2ccccc2)c2sc(C(=O)OCC(=O)NNC(=O)c3ccccc3Cl)cc12. The predicted molar refractivity (Wildman–Crippen MR) is 121 cm³/mol. The molecule has 10 heteroatoms. The van der Waals surface area contributed by atoms with Gasteiger partial charge in [-0.2, -0.15) is 5.10 Å². The van der Waals surface area contributed by atoms with Gasteiger partial charge in [0.05, 0.1) is 22.0 Å². The zero-order chi connectivity index (χ0) is 22.7. The fourth-order valence-corrected chi connectivity index (χ4v) is 4.27. The Bertz CT molecular complexity index is 1320. The standard InChI is InChI=1S/C22H17ClN4O4S/c1-13-16-11-18(32-21(16)27(26-13)14-7-3-2-4-8-14)22(30)31-12-19(28)24-25-20(29)15-9-5-6-10-17(15)23/h2-11H,12H2,1H3,(H,24,28)(H,25,29). The summed E-state index contributed by atoms with van der Waals surface area (Å²) in [5.74, 6) is -1.91. The van der Waals surface area contributed by atoms with E-state index in [4.69, 9.17) is 16.3 Å². The molecule has 0 aliphatic heterocycles. The quantitative estimate of drug-likeness (QED) is 0.343. The molecule has 2 N–H and O–H groups in total. The van der Waals surface area contributed by atoms with Gasteiger partial charge in [0.1, 0.15) is 9.71 Å². The molecule has 2 heterocycles. The number of aryl methyl sites for hydroxylation is 1. The number of carbonyl (C=O) groups is 3. The lowest BCUT2D eigenvalue weighted by Crippen LogP contribution is -2.43. The highest BCUT2D eigenvalue weighted by Gasteiger charge is 2.19. The smallest absolute Gasteiger partial charge is 0.348 e. The molecule has 0 radical (unpaired) electrons. The highest BCUT2D eigenvalue weighted by Crippen LogP contribution is 2.30. The number of aromatic nitrogens is 2. The van der Waals surface area contributed by atoms with Gasteiger partial charge in [0, 0.05) is 5.39 Å². The van der Waals surface area contributed by atoms with E-state index in [0.717, 1.165) is 21.6 Å². The van der Waals surface area contributed by atoms with Gasteiger partial charge in [0.15, 0.2) is 6.61 Å². The maximum absolute atomic E-state index is 12.5. The molecule has 0 saturated carbocycles. The number of nitrogens with zero attached hydrogens (tertiary/aromatic N) is 2. The fraction of sp³-hybridized carbons (Fsp3) is 0.0909. The Balaban J connectivity index is 1.37. The maximum Gasteiger partial charge on any atom is 0.348 e. The van der Waals surface area contributed by atoms with Crippen LogP contribution in [0.25, 0.3) is 15.9 Å². The van der Waals surface area contributed by atoms with Crippen molar-refractivity contribution in [2.45, 2.75) is 6.92 Å². The lowest BCUT2D eigenvalue weighted by molar-refractivity contribution is -0.125. The van der Waals surface area contributed by atoms with E-state index in [1.54, 1.807) is 28.9 Å². The number of carbonyl (C=O) groups excluding carboxylic acids is 3. The Kier molecular flexibility index (Phi) is 6.20. The summed E-state index contributed by atoms with van der Waals surface area (Å²) in [6.07, 6.45) is 0. The number of halogens is 1. The minimum Gasteiger partial charge on any atom is -0.451 e. The van der Waals surface area contributed by atoms with Crippen molar-refractivity contribution in [3.8, 4) is 5.69 Å². The molecule has 0 bridgehead atoms. The number of hydrazine groups is 1. The van der Waals surface area contributed by atoms with Gasteiger partial charge in [-0.05, 0) is 37.3 Å². The van der Waals surface area contributed by atoms with Gasteiger partial charge in [0.2, 0.25) is 0 Å². The van der Waals surface area contributed by atoms with Gasteiger partial charge in [-0.1, -0.05) is 41.9 Å². The largest absolute Gasteiger partial charge is 0.451 e. The van der Waals surface area contributed by atoms with Crippen LogP contribution in [0.2, 0.25) is 5.02 Å². The van der Waals surface area contributed by atoms with Crippen molar-refractivity contribution in [1.82, 2.24) is 20.6 Å². The third kappa shape index (κ3) is 4.48. The number of thiophene rings is 1. The van der Waals surface area contributed by atoms with Crippen LogP contribution in [0, 0.1) is 6.92 Å². The summed E-state index contributed by atoms with van der Waals surface area (Å²) >= 11 is 7.17. The van der Waals surface area contributed by atoms with Crippen LogP contribution in [-0.4, -0.2) is 34.2 Å². The van der Waals surface area contributed by atoms with E-state index < -0.39 is 24.4 Å². The number of fused-ring (bicyclic) bond motifs is 1. The highest BCUT2D eigenvalue weighted by molar-refractivity contribution is 7.20. The second-order valence-electron chi connectivity index (χ2n) is 6.72. The van der Waals surface area contributed by atoms with Gasteiger partial charge in [-0.25, -0.2) is 9.48 Å². The summed E-state index contributed by atoms with van der Waals surface area (Å²) < 4.78 is 6.86. The molecule has 4 rings (SSSR count). The molecule has 0 atom stereocenters. The lowest BCUT2D eigenvalue weighted by atomic mass is 10.2. The van der Waals surface area contributed by atoms with Crippen molar-refractivity contribution >= 4 is 50.9 Å². The summed E-state index contributed by atoms with van der Waals surface area (Å²) in [5, 5.41) is 5.61. The van der Waals surface area contributed by atoms with Gasteiger partial charge in [-0.15, -0.1) is 11.3 Å². The molecule has 2 aromatic heterocycles. The minimum atomic E-state index is -0.688. The first-order valence-corrected chi connectivity index (χ1v) is 10.7. The molecule has 162 valence electrons. The normalized spacial score (nSPS) is 10.7. The molecule has 0 spiro atoms. The van der Waals surface area contributed by atoms with Gasteiger partial charge < -0.3 is 4.74 Å². The molecule has 2 amide bonds. The Morgan fingerprint density at radius 1 is 1.06 bits per heavy atom. The van der Waals surface area contributed by atoms with Crippen LogP contribution >= 0.6 is 22.9 Å². The predicted octanol–water partition coefficient (Wildman–Crippen LogP) is 3.67. The van der Waals surface area contributed by atoms with Crippen LogP contribution in [0.3, 0.4) is 0 Å². The van der Waals surface area contributed by atoms with Crippen LogP contribution in [0.4, 0.5) is 0 Å². The average Bonchev–Trinajstić information content (AvgIpc) is 3.37. The zero-order valence-corrected chi connectivity index (χ0v) is 18.4. The monoisotopic (exact) mass is 468 g/mol. The van der Waals surface area contributed by atoms with E-state index in [1.165, 1.54) is 17.4 Å². The first-order chi connectivity index (χ1) is 15.4. The molecule has 8 nitrogen and oxygen atoms in total. The summed E-state index contributed by atoms with van der Waals surface area (Å²) in [6, 6.07) is 17.7. The second-order valence-corrected chi connectivity index (χ2v) is 8.16. The average molecular weight is 469 g/mol. The van der Waals surface area contributed by atoms with Crippen LogP contribution in [0.15, 0.2) is 60.7 Å². The third-order valence-electron chi connectivity index (χ3n) is 4.51. The van der Waals surface area contributed by atoms with Crippen molar-refractivity contribution in [3.63, 3.8) is 0 Å². The second kappa shape index (κ2) is 9.21. The van der Waals surface area contributed by atoms with E-state index in [-0.39, 0.29) is 10.6 Å². The van der Waals surface area contributed by atoms with Crippen molar-refractivity contribution in [2.24, 2.45) is 0 Å². The number of amides is 2. The minimum absolute atomic E-state index is 0.208. The van der Waals surface area contributed by atoms with E-state index in [2.05, 4.69) is 16.0 Å². The summed E-state index contributed by atoms with van der Waals surface area (Å²) in [7, 11) is 0. The molecular formula is C22H17ClN4O4S. The van der Waals surface area contributed by atoms with E-state index in [0.29, 0.717) is 4.88 Å². The third-order valence-corrected chi connectivity index (χ3v) is 5.94. The maximum atomic E-state index is 12.5. The lowest BCUT2D eigenvalue weighted by Gasteiger charge is -2.08. The molecule has 0 aliphatic rings. The van der Waals surface area contributed by atoms with Crippen molar-refractivity contribution in [1.29, 1.82) is 0 Å². The summed E-state index contributed by atoms with van der Waals surface area (Å²) in [5.41, 5.74) is 6.28. The molecule has 2 aromatic carbocycles. The van der Waals surface area contributed by atoms with Crippen LogP contribution in [0.1, 0.15) is 25.7 Å². The Labute approximate surface area is 191 Å².